The number of nitriles is 1. The molecule has 1 heterocycles. The van der Waals surface area contributed by atoms with Crippen LogP contribution in [0, 0.1) is 23.0 Å². The predicted octanol–water partition coefficient (Wildman–Crippen LogP) is 5.02. The summed E-state index contributed by atoms with van der Waals surface area (Å²) in [7, 11) is 0. The Balaban J connectivity index is 1.34. The number of halogens is 2. The number of hydrogen-bond acceptors (Lipinski definition) is 3. The van der Waals surface area contributed by atoms with Crippen LogP contribution in [0.2, 0.25) is 0 Å². The fraction of sp³-hybridized carbons (Fsp3) is 0.231. The summed E-state index contributed by atoms with van der Waals surface area (Å²) in [6.45, 7) is 1.15. The Morgan fingerprint density at radius 2 is 1.85 bits per heavy atom. The molecule has 1 aliphatic heterocycles. The Kier molecular flexibility index (Phi) is 6.84. The van der Waals surface area contributed by atoms with Gasteiger partial charge in [-0.2, -0.15) is 5.26 Å². The topological polar surface area (TPSA) is 68.2 Å². The highest BCUT2D eigenvalue weighted by Crippen LogP contribution is 2.34. The number of anilines is 2. The zero-order valence-corrected chi connectivity index (χ0v) is 18.0. The van der Waals surface area contributed by atoms with Crippen LogP contribution in [0.3, 0.4) is 0 Å². The molecule has 3 aromatic rings. The minimum absolute atomic E-state index is 0.134. The van der Waals surface area contributed by atoms with Crippen LogP contribution in [0.4, 0.5) is 25.0 Å². The van der Waals surface area contributed by atoms with Gasteiger partial charge in [-0.15, -0.1) is 0 Å². The molecular weight excluding hydrogens is 422 g/mol. The van der Waals surface area contributed by atoms with Crippen LogP contribution >= 0.6 is 0 Å². The van der Waals surface area contributed by atoms with Crippen molar-refractivity contribution in [3.63, 3.8) is 0 Å². The van der Waals surface area contributed by atoms with Gasteiger partial charge in [0.25, 0.3) is 0 Å². The highest BCUT2D eigenvalue weighted by molar-refractivity contribution is 5.89. The molecule has 2 N–H and O–H groups in total. The lowest BCUT2D eigenvalue weighted by atomic mass is 10.0. The molecule has 1 aliphatic rings. The molecule has 0 aliphatic carbocycles. The van der Waals surface area contributed by atoms with Crippen molar-refractivity contribution in [3.8, 4) is 6.07 Å². The normalized spacial score (nSPS) is 14.5. The van der Waals surface area contributed by atoms with Gasteiger partial charge in [-0.3, -0.25) is 0 Å². The van der Waals surface area contributed by atoms with Gasteiger partial charge in [-0.1, -0.05) is 18.2 Å². The molecule has 4 rings (SSSR count). The second-order valence-electron chi connectivity index (χ2n) is 8.08. The van der Waals surface area contributed by atoms with Crippen LogP contribution in [0.5, 0.6) is 0 Å². The first-order chi connectivity index (χ1) is 16.0. The summed E-state index contributed by atoms with van der Waals surface area (Å²) in [4.78, 5) is 14.4. The van der Waals surface area contributed by atoms with E-state index >= 15 is 0 Å². The molecule has 0 radical (unpaired) electrons. The van der Waals surface area contributed by atoms with E-state index in [4.69, 9.17) is 5.26 Å². The van der Waals surface area contributed by atoms with Gasteiger partial charge in [0.2, 0.25) is 0 Å². The number of benzene rings is 3. The van der Waals surface area contributed by atoms with Gasteiger partial charge in [0.1, 0.15) is 11.6 Å². The maximum absolute atomic E-state index is 13.8. The van der Waals surface area contributed by atoms with E-state index in [0.29, 0.717) is 37.2 Å². The van der Waals surface area contributed by atoms with Crippen molar-refractivity contribution in [2.24, 2.45) is 0 Å². The van der Waals surface area contributed by atoms with Gasteiger partial charge in [0.05, 0.1) is 11.6 Å². The molecule has 3 aromatic carbocycles. The summed E-state index contributed by atoms with van der Waals surface area (Å²) in [6, 6.07) is 19.9. The van der Waals surface area contributed by atoms with Gasteiger partial charge in [0.15, 0.2) is 0 Å². The zero-order chi connectivity index (χ0) is 23.2. The Hall–Kier alpha value is -3.92. The van der Waals surface area contributed by atoms with Gasteiger partial charge in [0, 0.05) is 30.5 Å². The van der Waals surface area contributed by atoms with Crippen LogP contribution in [0.25, 0.3) is 0 Å². The maximum atomic E-state index is 13.8. The first-order valence-corrected chi connectivity index (χ1v) is 10.9. The maximum Gasteiger partial charge on any atom is 0.319 e. The van der Waals surface area contributed by atoms with E-state index in [1.165, 1.54) is 18.2 Å². The molecule has 0 aromatic heterocycles. The van der Waals surface area contributed by atoms with Gasteiger partial charge >= 0.3 is 6.03 Å². The number of amides is 2. The highest BCUT2D eigenvalue weighted by Gasteiger charge is 2.29. The van der Waals surface area contributed by atoms with E-state index < -0.39 is 0 Å². The number of urea groups is 1. The smallest absolute Gasteiger partial charge is 0.319 e. The first kappa shape index (κ1) is 22.3. The van der Waals surface area contributed by atoms with Crippen LogP contribution < -0.4 is 15.5 Å². The summed E-state index contributed by atoms with van der Waals surface area (Å²) >= 11 is 0. The minimum Gasteiger partial charge on any atom is -0.368 e. The Morgan fingerprint density at radius 3 is 2.64 bits per heavy atom. The molecule has 0 saturated carbocycles. The third-order valence-electron chi connectivity index (χ3n) is 5.74. The molecule has 33 heavy (non-hydrogen) atoms. The van der Waals surface area contributed by atoms with Crippen molar-refractivity contribution in [1.82, 2.24) is 5.32 Å². The molecule has 168 valence electrons. The van der Waals surface area contributed by atoms with Crippen LogP contribution in [-0.4, -0.2) is 25.2 Å². The van der Waals surface area contributed by atoms with E-state index in [1.807, 2.05) is 6.07 Å². The van der Waals surface area contributed by atoms with Gasteiger partial charge in [-0.05, 0) is 78.9 Å². The Bertz CT molecular complexity index is 1170. The van der Waals surface area contributed by atoms with Crippen molar-refractivity contribution in [2.75, 3.05) is 23.3 Å². The van der Waals surface area contributed by atoms with Crippen molar-refractivity contribution in [3.05, 3.63) is 95.1 Å². The second-order valence-corrected chi connectivity index (χ2v) is 8.08. The average molecular weight is 447 g/mol. The van der Waals surface area contributed by atoms with Crippen molar-refractivity contribution in [2.45, 2.75) is 25.3 Å². The predicted molar refractivity (Wildman–Crippen MR) is 124 cm³/mol. The molecule has 2 amide bonds. The number of nitrogens with zero attached hydrogens (tertiary/aromatic N) is 2. The third-order valence-corrected chi connectivity index (χ3v) is 5.74. The van der Waals surface area contributed by atoms with Crippen LogP contribution in [0.15, 0.2) is 66.7 Å². The van der Waals surface area contributed by atoms with E-state index in [0.717, 1.165) is 23.2 Å². The first-order valence-electron chi connectivity index (χ1n) is 10.9. The summed E-state index contributed by atoms with van der Waals surface area (Å²) in [5.74, 6) is -0.522. The zero-order valence-electron chi connectivity index (χ0n) is 18.0. The fourth-order valence-corrected chi connectivity index (χ4v) is 4.23. The van der Waals surface area contributed by atoms with Gasteiger partial charge < -0.3 is 15.5 Å². The van der Waals surface area contributed by atoms with Crippen LogP contribution in [-0.2, 0) is 12.8 Å². The number of nitrogens with one attached hydrogen (secondary N) is 2. The number of fused-ring (bicyclic) bond motifs is 1. The molecule has 0 saturated heterocycles. The molecule has 1 unspecified atom stereocenters. The third kappa shape index (κ3) is 5.66. The molecule has 0 fully saturated rings. The van der Waals surface area contributed by atoms with Crippen molar-refractivity contribution in [1.29, 1.82) is 5.26 Å². The van der Waals surface area contributed by atoms with Gasteiger partial charge in [-0.25, -0.2) is 13.6 Å². The summed E-state index contributed by atoms with van der Waals surface area (Å²) < 4.78 is 27.1. The van der Waals surface area contributed by atoms with Crippen LogP contribution in [0.1, 0.15) is 23.1 Å². The largest absolute Gasteiger partial charge is 0.368 e. The molecule has 1 atom stereocenters. The highest BCUT2D eigenvalue weighted by atomic mass is 19.1. The minimum atomic E-state index is -0.336. The summed E-state index contributed by atoms with van der Waals surface area (Å²) in [5.41, 5.74) is 4.02. The van der Waals surface area contributed by atoms with E-state index in [9.17, 15) is 13.6 Å². The lowest BCUT2D eigenvalue weighted by Crippen LogP contribution is -2.37. The molecule has 7 heteroatoms. The SMILES string of the molecule is N#Cc1cccc(NC(=O)NCCCN2c3ccc(F)cc3CC2Cc2ccc(F)cc2)c1. The lowest BCUT2D eigenvalue weighted by molar-refractivity contribution is 0.252. The standard InChI is InChI=1S/C26H24F2N4O/c27-21-7-5-18(6-8-21)14-24-16-20-15-22(28)9-10-25(20)32(24)12-2-11-30-26(33)31-23-4-1-3-19(13-23)17-29/h1,3-10,13,15,24H,2,11-12,14,16H2,(H2,30,31,33). The monoisotopic (exact) mass is 446 g/mol. The van der Waals surface area contributed by atoms with Crippen molar-refractivity contribution >= 4 is 17.4 Å². The number of carbonyl (C=O) groups excluding carboxylic acids is 1. The quantitative estimate of drug-likeness (QED) is 0.501. The number of carbonyl (C=O) groups is 1. The lowest BCUT2D eigenvalue weighted by Gasteiger charge is -2.28. The van der Waals surface area contributed by atoms with Crippen molar-refractivity contribution < 1.29 is 13.6 Å². The Morgan fingerprint density at radius 1 is 1.06 bits per heavy atom. The number of hydrogen-bond donors (Lipinski definition) is 2. The fourth-order valence-electron chi connectivity index (χ4n) is 4.23. The molecule has 0 spiro atoms. The summed E-state index contributed by atoms with van der Waals surface area (Å²) in [6.07, 6.45) is 2.13. The molecular formula is C26H24F2N4O. The van der Waals surface area contributed by atoms with E-state index in [1.54, 1.807) is 48.5 Å². The molecule has 0 bridgehead atoms. The summed E-state index contributed by atoms with van der Waals surface area (Å²) in [5, 5.41) is 14.5. The van der Waals surface area contributed by atoms with E-state index in [2.05, 4.69) is 15.5 Å². The Labute approximate surface area is 191 Å². The number of rotatable bonds is 7. The second kappa shape index (κ2) is 10.1. The molecule has 5 nitrogen and oxygen atoms in total. The average Bonchev–Trinajstić information content (AvgIpc) is 3.14. The van der Waals surface area contributed by atoms with E-state index in [-0.39, 0.29) is 23.7 Å².